The molecule has 1 aliphatic rings. The van der Waals surface area contributed by atoms with E-state index in [2.05, 4.69) is 10.0 Å². The molecule has 0 aliphatic heterocycles. The molecule has 1 heterocycles. The van der Waals surface area contributed by atoms with E-state index in [1.807, 2.05) is 6.92 Å². The van der Waals surface area contributed by atoms with Crippen LogP contribution in [0.4, 0.5) is 5.69 Å². The van der Waals surface area contributed by atoms with Gasteiger partial charge in [-0.1, -0.05) is 0 Å². The first kappa shape index (κ1) is 20.5. The van der Waals surface area contributed by atoms with Gasteiger partial charge >= 0.3 is 5.63 Å². The topological polar surface area (TPSA) is 105 Å². The second kappa shape index (κ2) is 8.05. The van der Waals surface area contributed by atoms with Gasteiger partial charge in [-0.25, -0.2) is 17.9 Å². The van der Waals surface area contributed by atoms with Crippen LogP contribution in [0.1, 0.15) is 45.1 Å². The van der Waals surface area contributed by atoms with Crippen molar-refractivity contribution in [1.29, 1.82) is 0 Å². The summed E-state index contributed by atoms with van der Waals surface area (Å²) in [5, 5.41) is 3.23. The number of carbonyl (C=O) groups excluding carboxylic acids is 1. The Balaban J connectivity index is 1.63. The van der Waals surface area contributed by atoms with Crippen molar-refractivity contribution in [2.24, 2.45) is 5.92 Å². The van der Waals surface area contributed by atoms with Crippen LogP contribution in [0.25, 0.3) is 11.0 Å². The van der Waals surface area contributed by atoms with Crippen molar-refractivity contribution >= 4 is 32.6 Å². The Labute approximate surface area is 164 Å². The summed E-state index contributed by atoms with van der Waals surface area (Å²) in [5.41, 5.74) is 1.55. The van der Waals surface area contributed by atoms with E-state index < -0.39 is 20.9 Å². The van der Waals surface area contributed by atoms with Gasteiger partial charge in [-0.2, -0.15) is 0 Å². The third-order valence-electron chi connectivity index (χ3n) is 5.22. The normalized spacial score (nSPS) is 20.4. The molecule has 1 aromatic carbocycles. The summed E-state index contributed by atoms with van der Waals surface area (Å²) in [7, 11) is -3.29. The number of anilines is 1. The number of carbonyl (C=O) groups is 1. The zero-order chi connectivity index (χ0) is 20.5. The highest BCUT2D eigenvalue weighted by molar-refractivity contribution is 7.90. The smallest absolute Gasteiger partial charge is 0.336 e. The Kier molecular flexibility index (Phi) is 5.90. The van der Waals surface area contributed by atoms with E-state index in [1.165, 1.54) is 6.07 Å². The molecular weight excluding hydrogens is 380 g/mol. The van der Waals surface area contributed by atoms with E-state index in [-0.39, 0.29) is 17.9 Å². The second-order valence-electron chi connectivity index (χ2n) is 7.72. The molecule has 152 valence electrons. The first-order valence-corrected chi connectivity index (χ1v) is 11.1. The highest BCUT2D eigenvalue weighted by atomic mass is 32.2. The average molecular weight is 407 g/mol. The molecule has 1 aromatic heterocycles. The Morgan fingerprint density at radius 1 is 1.14 bits per heavy atom. The van der Waals surface area contributed by atoms with Gasteiger partial charge in [0.1, 0.15) is 5.58 Å². The van der Waals surface area contributed by atoms with Crippen LogP contribution in [0, 0.1) is 12.8 Å². The van der Waals surface area contributed by atoms with Crippen LogP contribution in [-0.2, 0) is 14.8 Å². The summed E-state index contributed by atoms with van der Waals surface area (Å²) in [6.07, 6.45) is 2.56. The van der Waals surface area contributed by atoms with Gasteiger partial charge in [0.05, 0.1) is 5.25 Å². The fraction of sp³-hybridized carbons (Fsp3) is 0.500. The number of rotatable bonds is 5. The Morgan fingerprint density at radius 2 is 1.82 bits per heavy atom. The molecule has 28 heavy (non-hydrogen) atoms. The molecule has 1 saturated carbocycles. The van der Waals surface area contributed by atoms with Crippen molar-refractivity contribution in [1.82, 2.24) is 4.72 Å². The van der Waals surface area contributed by atoms with Gasteiger partial charge in [-0.3, -0.25) is 4.79 Å². The molecule has 0 bridgehead atoms. The summed E-state index contributed by atoms with van der Waals surface area (Å²) in [6.45, 7) is 5.13. The highest BCUT2D eigenvalue weighted by Gasteiger charge is 2.29. The summed E-state index contributed by atoms with van der Waals surface area (Å²) >= 11 is 0. The summed E-state index contributed by atoms with van der Waals surface area (Å²) in [6, 6.07) is 6.49. The van der Waals surface area contributed by atoms with Gasteiger partial charge in [0, 0.05) is 29.1 Å². The number of aryl methyl sites for hydroxylation is 1. The largest absolute Gasteiger partial charge is 0.422 e. The summed E-state index contributed by atoms with van der Waals surface area (Å²) in [5.74, 6) is -0.217. The summed E-state index contributed by atoms with van der Waals surface area (Å²) < 4.78 is 31.9. The van der Waals surface area contributed by atoms with Crippen molar-refractivity contribution < 1.29 is 17.6 Å². The number of amides is 1. The first-order valence-electron chi connectivity index (χ1n) is 9.52. The monoisotopic (exact) mass is 406 g/mol. The minimum absolute atomic E-state index is 0.0682. The van der Waals surface area contributed by atoms with Crippen molar-refractivity contribution in [3.05, 3.63) is 40.2 Å². The van der Waals surface area contributed by atoms with E-state index in [0.29, 0.717) is 37.0 Å². The van der Waals surface area contributed by atoms with Crippen LogP contribution in [0.5, 0.6) is 0 Å². The zero-order valence-electron chi connectivity index (χ0n) is 16.3. The number of fused-ring (bicyclic) bond motifs is 1. The quantitative estimate of drug-likeness (QED) is 0.743. The molecular formula is C20H26N2O5S. The number of nitrogens with one attached hydrogen (secondary N) is 2. The van der Waals surface area contributed by atoms with Gasteiger partial charge in [-0.05, 0) is 70.2 Å². The molecule has 1 fully saturated rings. The molecule has 7 nitrogen and oxygen atoms in total. The lowest BCUT2D eigenvalue weighted by Gasteiger charge is -2.28. The van der Waals surface area contributed by atoms with Crippen molar-refractivity contribution in [2.45, 2.75) is 57.7 Å². The third-order valence-corrected chi connectivity index (χ3v) is 7.13. The molecule has 1 amide bonds. The maximum atomic E-state index is 12.6. The molecule has 0 saturated heterocycles. The van der Waals surface area contributed by atoms with E-state index in [1.54, 1.807) is 32.0 Å². The van der Waals surface area contributed by atoms with Crippen molar-refractivity contribution in [3.63, 3.8) is 0 Å². The molecule has 2 N–H and O–H groups in total. The van der Waals surface area contributed by atoms with Crippen molar-refractivity contribution in [3.8, 4) is 0 Å². The Morgan fingerprint density at radius 3 is 2.46 bits per heavy atom. The number of hydrogen-bond acceptors (Lipinski definition) is 5. The Hall–Kier alpha value is -2.19. The lowest BCUT2D eigenvalue weighted by Crippen LogP contribution is -2.42. The van der Waals surface area contributed by atoms with Crippen LogP contribution in [0.2, 0.25) is 0 Å². The Bertz CT molecular complexity index is 1030. The average Bonchev–Trinajstić information content (AvgIpc) is 2.62. The number of benzene rings is 1. The fourth-order valence-electron chi connectivity index (χ4n) is 3.52. The van der Waals surface area contributed by atoms with E-state index in [0.717, 1.165) is 10.9 Å². The SMILES string of the molecule is Cc1cc(NC(=O)[C@H]2CC[C@H](NS(=O)(=O)C(C)C)CC2)cc2ccc(=O)oc12. The predicted octanol–water partition coefficient (Wildman–Crippen LogP) is 2.93. The van der Waals surface area contributed by atoms with E-state index in [4.69, 9.17) is 4.42 Å². The molecule has 8 heteroatoms. The standard InChI is InChI=1S/C20H26N2O5S/c1-12(2)28(25,26)22-16-7-4-14(5-8-16)20(24)21-17-10-13(3)19-15(11-17)6-9-18(23)27-19/h6,9-12,14,16,22H,4-5,7-8H2,1-3H3,(H,21,24)/t14-,16-. The molecule has 0 spiro atoms. The zero-order valence-corrected chi connectivity index (χ0v) is 17.1. The van der Waals surface area contributed by atoms with Gasteiger partial charge in [-0.15, -0.1) is 0 Å². The van der Waals surface area contributed by atoms with Crippen molar-refractivity contribution in [2.75, 3.05) is 5.32 Å². The number of sulfonamides is 1. The fourth-order valence-corrected chi connectivity index (χ4v) is 4.49. The van der Waals surface area contributed by atoms with Gasteiger partial charge < -0.3 is 9.73 Å². The second-order valence-corrected chi connectivity index (χ2v) is 9.98. The molecule has 0 radical (unpaired) electrons. The summed E-state index contributed by atoms with van der Waals surface area (Å²) in [4.78, 5) is 24.0. The van der Waals surface area contributed by atoms with E-state index in [9.17, 15) is 18.0 Å². The maximum absolute atomic E-state index is 12.6. The van der Waals surface area contributed by atoms with Gasteiger partial charge in [0.15, 0.2) is 0 Å². The third kappa shape index (κ3) is 4.62. The minimum Gasteiger partial charge on any atom is -0.422 e. The lowest BCUT2D eigenvalue weighted by molar-refractivity contribution is -0.120. The first-order chi connectivity index (χ1) is 13.2. The molecule has 0 atom stereocenters. The van der Waals surface area contributed by atoms with Crippen LogP contribution in [-0.4, -0.2) is 25.6 Å². The lowest BCUT2D eigenvalue weighted by atomic mass is 9.86. The highest BCUT2D eigenvalue weighted by Crippen LogP contribution is 2.28. The van der Waals surface area contributed by atoms with Gasteiger partial charge in [0.2, 0.25) is 15.9 Å². The van der Waals surface area contributed by atoms with Crippen LogP contribution < -0.4 is 15.7 Å². The minimum atomic E-state index is -3.29. The predicted molar refractivity (Wildman–Crippen MR) is 109 cm³/mol. The molecule has 1 aliphatic carbocycles. The molecule has 3 rings (SSSR count). The molecule has 2 aromatic rings. The maximum Gasteiger partial charge on any atom is 0.336 e. The van der Waals surface area contributed by atoms with Crippen LogP contribution in [0.3, 0.4) is 0 Å². The number of hydrogen-bond donors (Lipinski definition) is 2. The van der Waals surface area contributed by atoms with Crippen LogP contribution >= 0.6 is 0 Å². The molecule has 0 unspecified atom stereocenters. The van der Waals surface area contributed by atoms with Crippen LogP contribution in [0.15, 0.2) is 33.5 Å². The van der Waals surface area contributed by atoms with E-state index >= 15 is 0 Å². The van der Waals surface area contributed by atoms with Gasteiger partial charge in [0.25, 0.3) is 0 Å².